The highest BCUT2D eigenvalue weighted by molar-refractivity contribution is 6.33. The van der Waals surface area contributed by atoms with Crippen molar-refractivity contribution in [3.63, 3.8) is 0 Å². The number of amides is 3. The number of carbonyl (C=O) groups excluding carboxylic acids is 3. The minimum Gasteiger partial charge on any atom is -0.396 e. The second-order valence-corrected chi connectivity index (χ2v) is 11.5. The number of hydrogen-bond donors (Lipinski definition) is 3. The molecule has 9 heteroatoms. The zero-order chi connectivity index (χ0) is 27.6. The molecule has 0 aromatic heterocycles. The van der Waals surface area contributed by atoms with Crippen LogP contribution in [-0.2, 0) is 25.7 Å². The Morgan fingerprint density at radius 3 is 2.49 bits per heavy atom. The molecule has 3 aliphatic heterocycles. The van der Waals surface area contributed by atoms with Gasteiger partial charge in [0.1, 0.15) is 11.6 Å². The Morgan fingerprint density at radius 2 is 1.74 bits per heavy atom. The molecule has 0 aliphatic carbocycles. The highest BCUT2D eigenvalue weighted by Gasteiger charge is 2.77. The molecular weight excluding hydrogens is 518 g/mol. The van der Waals surface area contributed by atoms with Gasteiger partial charge in [0, 0.05) is 19.7 Å². The first-order valence-electron chi connectivity index (χ1n) is 13.8. The molecule has 3 fully saturated rings. The maximum absolute atomic E-state index is 14.1. The van der Waals surface area contributed by atoms with Crippen molar-refractivity contribution in [3.8, 4) is 0 Å². The fourth-order valence-corrected chi connectivity index (χ4v) is 6.96. The Morgan fingerprint density at radius 1 is 1.03 bits per heavy atom. The molecule has 1 spiro atoms. The van der Waals surface area contributed by atoms with E-state index in [2.05, 4.69) is 10.6 Å². The number of nitrogens with zero attached hydrogens (tertiary/aromatic N) is 1. The van der Waals surface area contributed by atoms with E-state index >= 15 is 0 Å². The van der Waals surface area contributed by atoms with Crippen LogP contribution in [0, 0.1) is 11.8 Å². The van der Waals surface area contributed by atoms with Gasteiger partial charge in [-0.25, -0.2) is 0 Å². The molecular formula is C30H36ClN3O5. The van der Waals surface area contributed by atoms with E-state index in [0.717, 1.165) is 18.4 Å². The van der Waals surface area contributed by atoms with Gasteiger partial charge < -0.3 is 25.4 Å². The molecule has 2 bridgehead atoms. The highest BCUT2D eigenvalue weighted by Crippen LogP contribution is 2.63. The third-order valence-electron chi connectivity index (χ3n) is 8.56. The van der Waals surface area contributed by atoms with E-state index in [1.54, 1.807) is 29.2 Å². The van der Waals surface area contributed by atoms with Crippen molar-refractivity contribution >= 4 is 35.0 Å². The molecule has 3 heterocycles. The highest BCUT2D eigenvalue weighted by atomic mass is 35.5. The number of para-hydroxylation sites is 1. The number of halogens is 1. The second-order valence-electron chi connectivity index (χ2n) is 11.1. The number of ether oxygens (including phenoxy) is 1. The van der Waals surface area contributed by atoms with Crippen LogP contribution in [-0.4, -0.2) is 58.1 Å². The second kappa shape index (κ2) is 11.3. The Kier molecular flexibility index (Phi) is 7.99. The van der Waals surface area contributed by atoms with Crippen LogP contribution in [0.5, 0.6) is 0 Å². The molecule has 2 aromatic rings. The van der Waals surface area contributed by atoms with Gasteiger partial charge in [0.15, 0.2) is 0 Å². The van der Waals surface area contributed by atoms with Gasteiger partial charge in [-0.3, -0.25) is 14.4 Å². The number of anilines is 1. The van der Waals surface area contributed by atoms with Gasteiger partial charge in [0.2, 0.25) is 17.7 Å². The predicted octanol–water partition coefficient (Wildman–Crippen LogP) is 3.91. The summed E-state index contributed by atoms with van der Waals surface area (Å²) in [6.45, 7) is 2.75. The summed E-state index contributed by atoms with van der Waals surface area (Å²) in [6.07, 6.45) is 4.14. The first kappa shape index (κ1) is 27.6. The van der Waals surface area contributed by atoms with Crippen molar-refractivity contribution in [3.05, 3.63) is 65.2 Å². The number of rotatable bonds is 11. The molecule has 5 rings (SSSR count). The number of nitrogens with one attached hydrogen (secondary N) is 2. The summed E-state index contributed by atoms with van der Waals surface area (Å²) < 4.78 is 6.65. The lowest BCUT2D eigenvalue weighted by atomic mass is 9.66. The van der Waals surface area contributed by atoms with E-state index in [1.807, 2.05) is 37.3 Å². The molecule has 3 aliphatic rings. The summed E-state index contributed by atoms with van der Waals surface area (Å²) in [6, 6.07) is 15.7. The van der Waals surface area contributed by atoms with E-state index in [9.17, 15) is 14.4 Å². The monoisotopic (exact) mass is 553 g/mol. The van der Waals surface area contributed by atoms with Gasteiger partial charge in [0.05, 0.1) is 28.1 Å². The Balaban J connectivity index is 1.42. The van der Waals surface area contributed by atoms with E-state index in [1.165, 1.54) is 0 Å². The SMILES string of the molecule is C[C@@]12CCC3(O1)C(C(=O)Nc1ccccc1Cl)N(CCCCCCO)C(=O)[C@@H]3[C@@H]2C(=O)NCc1ccccc1. The molecule has 3 saturated heterocycles. The van der Waals surface area contributed by atoms with Crippen LogP contribution in [0.4, 0.5) is 5.69 Å². The Hall–Kier alpha value is -2.94. The van der Waals surface area contributed by atoms with Gasteiger partial charge in [-0.1, -0.05) is 66.9 Å². The molecule has 5 atom stereocenters. The van der Waals surface area contributed by atoms with Crippen LogP contribution in [0.25, 0.3) is 0 Å². The van der Waals surface area contributed by atoms with Crippen molar-refractivity contribution in [2.75, 3.05) is 18.5 Å². The summed E-state index contributed by atoms with van der Waals surface area (Å²) >= 11 is 6.33. The zero-order valence-corrected chi connectivity index (χ0v) is 23.0. The molecule has 8 nitrogen and oxygen atoms in total. The molecule has 3 amide bonds. The summed E-state index contributed by atoms with van der Waals surface area (Å²) in [4.78, 5) is 43.2. The minimum atomic E-state index is -1.09. The van der Waals surface area contributed by atoms with Crippen LogP contribution >= 0.6 is 11.6 Å². The maximum atomic E-state index is 14.1. The minimum absolute atomic E-state index is 0.128. The summed E-state index contributed by atoms with van der Waals surface area (Å²) in [5, 5.41) is 15.5. The van der Waals surface area contributed by atoms with E-state index in [0.29, 0.717) is 49.5 Å². The Labute approximate surface area is 234 Å². The van der Waals surface area contributed by atoms with Crippen LogP contribution in [0.15, 0.2) is 54.6 Å². The van der Waals surface area contributed by atoms with Crippen molar-refractivity contribution in [2.45, 2.75) is 69.2 Å². The van der Waals surface area contributed by atoms with E-state index in [-0.39, 0.29) is 24.3 Å². The van der Waals surface area contributed by atoms with Crippen molar-refractivity contribution in [1.29, 1.82) is 0 Å². The quantitative estimate of drug-likeness (QED) is 0.366. The third-order valence-corrected chi connectivity index (χ3v) is 8.89. The molecule has 208 valence electrons. The number of likely N-dealkylation sites (tertiary alicyclic amines) is 1. The smallest absolute Gasteiger partial charge is 0.250 e. The molecule has 0 radical (unpaired) electrons. The lowest BCUT2D eigenvalue weighted by Gasteiger charge is -2.33. The molecule has 3 N–H and O–H groups in total. The topological polar surface area (TPSA) is 108 Å². The number of carbonyl (C=O) groups is 3. The van der Waals surface area contributed by atoms with Crippen molar-refractivity contribution in [2.24, 2.45) is 11.8 Å². The number of benzene rings is 2. The number of unbranched alkanes of at least 4 members (excludes halogenated alkanes) is 3. The van der Waals surface area contributed by atoms with E-state index in [4.69, 9.17) is 21.4 Å². The van der Waals surface area contributed by atoms with Crippen LogP contribution in [0.1, 0.15) is 51.0 Å². The normalized spacial score (nSPS) is 28.9. The lowest BCUT2D eigenvalue weighted by Crippen LogP contribution is -2.53. The standard InChI is InChI=1S/C30H36ClN3O5/c1-29-15-16-30(39-29)24(23(29)26(36)32-19-20-11-5-4-6-12-20)28(38)34(17-9-2-3-10-18-35)25(30)27(37)33-22-14-8-7-13-21(22)31/h4-8,11-14,23-25,35H,2-3,9-10,15-19H2,1H3,(H,32,36)(H,33,37)/t23-,24+,25?,29+,30?/m1/s1. The Bertz CT molecular complexity index is 1230. The van der Waals surface area contributed by atoms with Gasteiger partial charge in [-0.2, -0.15) is 0 Å². The van der Waals surface area contributed by atoms with Crippen molar-refractivity contribution in [1.82, 2.24) is 10.2 Å². The maximum Gasteiger partial charge on any atom is 0.250 e. The van der Waals surface area contributed by atoms with Gasteiger partial charge in [-0.15, -0.1) is 0 Å². The first-order valence-corrected chi connectivity index (χ1v) is 14.2. The molecule has 2 unspecified atom stereocenters. The number of hydrogen-bond acceptors (Lipinski definition) is 5. The molecule has 39 heavy (non-hydrogen) atoms. The average molecular weight is 554 g/mol. The van der Waals surface area contributed by atoms with Gasteiger partial charge >= 0.3 is 0 Å². The number of aliphatic hydroxyl groups is 1. The van der Waals surface area contributed by atoms with Gasteiger partial charge in [0.25, 0.3) is 0 Å². The zero-order valence-electron chi connectivity index (χ0n) is 22.2. The number of fused-ring (bicyclic) bond motifs is 1. The van der Waals surface area contributed by atoms with E-state index < -0.39 is 29.1 Å². The fourth-order valence-electron chi connectivity index (χ4n) is 6.77. The van der Waals surface area contributed by atoms with Gasteiger partial charge in [-0.05, 0) is 50.3 Å². The van der Waals surface area contributed by atoms with Crippen LogP contribution in [0.2, 0.25) is 5.02 Å². The number of aliphatic hydroxyl groups excluding tert-OH is 1. The fraction of sp³-hybridized carbons (Fsp3) is 0.500. The van der Waals surface area contributed by atoms with Crippen molar-refractivity contribution < 1.29 is 24.2 Å². The summed E-state index contributed by atoms with van der Waals surface area (Å²) in [7, 11) is 0. The van der Waals surface area contributed by atoms with Crippen LogP contribution in [0.3, 0.4) is 0 Å². The average Bonchev–Trinajstić information content (AvgIpc) is 3.49. The first-order chi connectivity index (χ1) is 18.8. The predicted molar refractivity (Wildman–Crippen MR) is 148 cm³/mol. The third kappa shape index (κ3) is 5.06. The molecule has 2 aromatic carbocycles. The lowest BCUT2D eigenvalue weighted by molar-refractivity contribution is -0.144. The summed E-state index contributed by atoms with van der Waals surface area (Å²) in [5.41, 5.74) is -0.488. The molecule has 0 saturated carbocycles. The largest absolute Gasteiger partial charge is 0.396 e. The van der Waals surface area contributed by atoms with Crippen LogP contribution < -0.4 is 10.6 Å². The summed E-state index contributed by atoms with van der Waals surface area (Å²) in [5.74, 6) is -2.23.